The van der Waals surface area contributed by atoms with Gasteiger partial charge >= 0.3 is 0 Å². The van der Waals surface area contributed by atoms with Crippen LogP contribution in [0.2, 0.25) is 0 Å². The van der Waals surface area contributed by atoms with Gasteiger partial charge in [-0.1, -0.05) is 38.1 Å². The highest BCUT2D eigenvalue weighted by Gasteiger charge is 2.11. The number of amides is 1. The first-order valence-corrected chi connectivity index (χ1v) is 6.88. The first-order valence-electron chi connectivity index (χ1n) is 6.88. The summed E-state index contributed by atoms with van der Waals surface area (Å²) < 4.78 is 0. The Bertz CT molecular complexity index is 608. The molecule has 0 unspecified atom stereocenters. The van der Waals surface area contributed by atoms with Gasteiger partial charge < -0.3 is 0 Å². The van der Waals surface area contributed by atoms with Gasteiger partial charge in [0.15, 0.2) is 0 Å². The van der Waals surface area contributed by atoms with Crippen LogP contribution in [0.3, 0.4) is 0 Å². The van der Waals surface area contributed by atoms with E-state index in [1.165, 1.54) is 6.33 Å². The van der Waals surface area contributed by atoms with E-state index >= 15 is 0 Å². The Morgan fingerprint density at radius 1 is 1.24 bits per heavy atom. The number of hydrazone groups is 1. The van der Waals surface area contributed by atoms with E-state index in [-0.39, 0.29) is 5.92 Å². The molecule has 108 valence electrons. The number of rotatable bonds is 6. The van der Waals surface area contributed by atoms with Crippen molar-refractivity contribution in [2.24, 2.45) is 11.0 Å². The van der Waals surface area contributed by atoms with Gasteiger partial charge in [0.25, 0.3) is 0 Å². The maximum atomic E-state index is 10.5. The lowest BCUT2D eigenvalue weighted by Gasteiger charge is -2.13. The van der Waals surface area contributed by atoms with E-state index in [0.29, 0.717) is 6.41 Å². The van der Waals surface area contributed by atoms with Crippen molar-refractivity contribution in [1.29, 1.82) is 0 Å². The van der Waals surface area contributed by atoms with Gasteiger partial charge in [-0.2, -0.15) is 5.10 Å². The summed E-state index contributed by atoms with van der Waals surface area (Å²) in [4.78, 5) is 18.5. The molecule has 0 saturated carbocycles. The summed E-state index contributed by atoms with van der Waals surface area (Å²) in [5.74, 6) is 0.267. The number of hydrogen-bond acceptors (Lipinski definition) is 4. The van der Waals surface area contributed by atoms with Crippen LogP contribution in [0.4, 0.5) is 0 Å². The average Bonchev–Trinajstić information content (AvgIpc) is 2.56. The standard InChI is InChI=1S/C16H18N4O/c1-3-12(2)16(20-19-11-21)14-6-4-13(5-7-14)15-8-17-10-18-9-15/h4-12H,3H2,1-2H3,(H,19,21)/b20-16+/t12-/m1/s1. The molecule has 1 heterocycles. The van der Waals surface area contributed by atoms with Gasteiger partial charge in [0.1, 0.15) is 6.33 Å². The van der Waals surface area contributed by atoms with Crippen LogP contribution >= 0.6 is 0 Å². The zero-order valence-corrected chi connectivity index (χ0v) is 12.2. The molecule has 0 fully saturated rings. The van der Waals surface area contributed by atoms with Crippen molar-refractivity contribution in [2.45, 2.75) is 20.3 Å². The van der Waals surface area contributed by atoms with E-state index in [4.69, 9.17) is 0 Å². The lowest BCUT2D eigenvalue weighted by Crippen LogP contribution is -2.16. The van der Waals surface area contributed by atoms with Crippen molar-refractivity contribution in [1.82, 2.24) is 15.4 Å². The average molecular weight is 282 g/mol. The number of hydrogen-bond donors (Lipinski definition) is 1. The molecule has 0 aliphatic rings. The van der Waals surface area contributed by atoms with E-state index in [1.54, 1.807) is 12.4 Å². The molecule has 1 atom stereocenters. The van der Waals surface area contributed by atoms with Crippen LogP contribution < -0.4 is 5.43 Å². The van der Waals surface area contributed by atoms with Crippen molar-refractivity contribution < 1.29 is 4.79 Å². The van der Waals surface area contributed by atoms with Crippen LogP contribution in [0.25, 0.3) is 11.1 Å². The van der Waals surface area contributed by atoms with Gasteiger partial charge in [0.05, 0.1) is 5.71 Å². The summed E-state index contributed by atoms with van der Waals surface area (Å²) in [6.07, 6.45) is 6.60. The Morgan fingerprint density at radius 2 is 1.90 bits per heavy atom. The molecule has 1 aromatic heterocycles. The predicted octanol–water partition coefficient (Wildman–Crippen LogP) is 2.64. The summed E-state index contributed by atoms with van der Waals surface area (Å²) >= 11 is 0. The zero-order valence-electron chi connectivity index (χ0n) is 12.2. The number of nitrogens with one attached hydrogen (secondary N) is 1. The van der Waals surface area contributed by atoms with Crippen LogP contribution in [0.15, 0.2) is 48.1 Å². The largest absolute Gasteiger partial charge is 0.277 e. The number of nitrogens with zero attached hydrogens (tertiary/aromatic N) is 3. The van der Waals surface area contributed by atoms with Gasteiger partial charge in [-0.15, -0.1) is 0 Å². The topological polar surface area (TPSA) is 67.2 Å². The lowest BCUT2D eigenvalue weighted by atomic mass is 9.95. The van der Waals surface area contributed by atoms with Crippen LogP contribution in [0.5, 0.6) is 0 Å². The summed E-state index contributed by atoms with van der Waals surface area (Å²) in [5, 5.41) is 4.16. The number of benzene rings is 1. The highest BCUT2D eigenvalue weighted by Crippen LogP contribution is 2.20. The quantitative estimate of drug-likeness (QED) is 0.503. The van der Waals surface area contributed by atoms with E-state index in [2.05, 4.69) is 34.3 Å². The zero-order chi connectivity index (χ0) is 15.1. The lowest BCUT2D eigenvalue weighted by molar-refractivity contribution is -0.109. The first kappa shape index (κ1) is 14.8. The Morgan fingerprint density at radius 3 is 2.48 bits per heavy atom. The summed E-state index contributed by atoms with van der Waals surface area (Å²) in [5.41, 5.74) is 6.29. The molecule has 0 aliphatic heterocycles. The van der Waals surface area contributed by atoms with Crippen molar-refractivity contribution in [3.63, 3.8) is 0 Å². The first-order chi connectivity index (χ1) is 10.3. The molecule has 21 heavy (non-hydrogen) atoms. The molecular weight excluding hydrogens is 264 g/mol. The third-order valence-corrected chi connectivity index (χ3v) is 3.39. The highest BCUT2D eigenvalue weighted by molar-refractivity contribution is 6.02. The molecule has 2 aromatic rings. The summed E-state index contributed by atoms with van der Waals surface area (Å²) in [6.45, 7) is 4.18. The SMILES string of the molecule is CC[C@@H](C)/C(=N\NC=O)c1ccc(-c2cncnc2)cc1. The fraction of sp³-hybridized carbons (Fsp3) is 0.250. The summed E-state index contributed by atoms with van der Waals surface area (Å²) in [7, 11) is 0. The minimum atomic E-state index is 0.267. The van der Waals surface area contributed by atoms with Gasteiger partial charge in [0.2, 0.25) is 6.41 Å². The molecule has 1 aromatic carbocycles. The predicted molar refractivity (Wildman–Crippen MR) is 82.7 cm³/mol. The van der Waals surface area contributed by atoms with Gasteiger partial charge in [-0.3, -0.25) is 4.79 Å². The van der Waals surface area contributed by atoms with Crippen LogP contribution in [-0.4, -0.2) is 22.1 Å². The third kappa shape index (κ3) is 3.72. The fourth-order valence-electron chi connectivity index (χ4n) is 2.03. The molecule has 0 saturated heterocycles. The van der Waals surface area contributed by atoms with Gasteiger partial charge in [-0.05, 0) is 17.5 Å². The van der Waals surface area contributed by atoms with Crippen molar-refractivity contribution in [2.75, 3.05) is 0 Å². The number of carbonyl (C=O) groups is 1. The monoisotopic (exact) mass is 282 g/mol. The molecule has 0 radical (unpaired) electrons. The van der Waals surface area contributed by atoms with Crippen LogP contribution in [0, 0.1) is 5.92 Å². The van der Waals surface area contributed by atoms with E-state index in [1.807, 2.05) is 24.3 Å². The van der Waals surface area contributed by atoms with Gasteiger partial charge in [0, 0.05) is 23.9 Å². The third-order valence-electron chi connectivity index (χ3n) is 3.39. The normalized spacial score (nSPS) is 12.8. The molecule has 0 aliphatic carbocycles. The maximum absolute atomic E-state index is 10.5. The van der Waals surface area contributed by atoms with Crippen LogP contribution in [-0.2, 0) is 4.79 Å². The molecule has 5 nitrogen and oxygen atoms in total. The Labute approximate surface area is 124 Å². The van der Waals surface area contributed by atoms with Gasteiger partial charge in [-0.25, -0.2) is 15.4 Å². The molecule has 5 heteroatoms. The van der Waals surface area contributed by atoms with E-state index < -0.39 is 0 Å². The fourth-order valence-corrected chi connectivity index (χ4v) is 2.03. The van der Waals surface area contributed by atoms with E-state index in [9.17, 15) is 4.79 Å². The molecule has 1 N–H and O–H groups in total. The minimum Gasteiger partial charge on any atom is -0.277 e. The van der Waals surface area contributed by atoms with Crippen molar-refractivity contribution >= 4 is 12.1 Å². The second kappa shape index (κ2) is 7.28. The second-order valence-corrected chi connectivity index (χ2v) is 4.76. The smallest absolute Gasteiger partial charge is 0.227 e. The van der Waals surface area contributed by atoms with E-state index in [0.717, 1.165) is 28.8 Å². The molecule has 2 rings (SSSR count). The molecular formula is C16H18N4O. The molecule has 0 spiro atoms. The highest BCUT2D eigenvalue weighted by atomic mass is 16.1. The second-order valence-electron chi connectivity index (χ2n) is 4.76. The Kier molecular flexibility index (Phi) is 5.15. The Balaban J connectivity index is 2.29. The van der Waals surface area contributed by atoms with Crippen molar-refractivity contribution in [3.05, 3.63) is 48.5 Å². The Hall–Kier alpha value is -2.56. The number of aromatic nitrogens is 2. The van der Waals surface area contributed by atoms with Crippen molar-refractivity contribution in [3.8, 4) is 11.1 Å². The molecule has 1 amide bonds. The number of carbonyl (C=O) groups excluding carboxylic acids is 1. The van der Waals surface area contributed by atoms with Crippen LogP contribution in [0.1, 0.15) is 25.8 Å². The summed E-state index contributed by atoms with van der Waals surface area (Å²) in [6, 6.07) is 8.01. The molecule has 0 bridgehead atoms. The maximum Gasteiger partial charge on any atom is 0.227 e. The minimum absolute atomic E-state index is 0.267.